The molecule has 1 heterocycles. The van der Waals surface area contributed by atoms with E-state index in [1.165, 1.54) is 0 Å². The molecule has 1 saturated heterocycles. The number of hydrogen-bond donors (Lipinski definition) is 2. The summed E-state index contributed by atoms with van der Waals surface area (Å²) < 4.78 is 5.79. The van der Waals surface area contributed by atoms with Crippen LogP contribution in [0.3, 0.4) is 0 Å². The first kappa shape index (κ1) is 18.2. The first-order chi connectivity index (χ1) is 10.1. The summed E-state index contributed by atoms with van der Waals surface area (Å²) in [6.45, 7) is 15.5. The zero-order valence-electron chi connectivity index (χ0n) is 14.4. The van der Waals surface area contributed by atoms with Gasteiger partial charge < -0.3 is 20.3 Å². The smallest absolute Gasteiger partial charge is 0.191 e. The number of ether oxygens (including phenoxy) is 1. The van der Waals surface area contributed by atoms with Crippen LogP contribution in [0, 0.1) is 0 Å². The van der Waals surface area contributed by atoms with E-state index in [1.54, 1.807) is 0 Å². The quantitative estimate of drug-likeness (QED) is 0.387. The maximum absolute atomic E-state index is 5.79. The predicted molar refractivity (Wildman–Crippen MR) is 90.0 cm³/mol. The van der Waals surface area contributed by atoms with E-state index in [0.717, 1.165) is 71.1 Å². The molecule has 0 aromatic carbocycles. The number of rotatable bonds is 9. The van der Waals surface area contributed by atoms with Gasteiger partial charge in [0.15, 0.2) is 5.96 Å². The summed E-state index contributed by atoms with van der Waals surface area (Å²) in [4.78, 5) is 7.12. The summed E-state index contributed by atoms with van der Waals surface area (Å²) in [5, 5.41) is 6.73. The molecule has 1 aliphatic heterocycles. The van der Waals surface area contributed by atoms with Gasteiger partial charge in [0.2, 0.25) is 0 Å². The summed E-state index contributed by atoms with van der Waals surface area (Å²) in [7, 11) is 0. The van der Waals surface area contributed by atoms with Gasteiger partial charge in [-0.05, 0) is 52.7 Å². The van der Waals surface area contributed by atoms with Crippen LogP contribution in [-0.2, 0) is 4.74 Å². The van der Waals surface area contributed by atoms with Gasteiger partial charge in [-0.25, -0.2) is 0 Å². The van der Waals surface area contributed by atoms with Gasteiger partial charge in [0.1, 0.15) is 0 Å². The monoisotopic (exact) mass is 298 g/mol. The van der Waals surface area contributed by atoms with Crippen molar-refractivity contribution < 1.29 is 4.74 Å². The normalized spacial score (nSPS) is 22.8. The molecular weight excluding hydrogens is 264 g/mol. The molecule has 124 valence electrons. The fourth-order valence-electron chi connectivity index (χ4n) is 2.60. The highest BCUT2D eigenvalue weighted by Gasteiger charge is 2.29. The van der Waals surface area contributed by atoms with E-state index >= 15 is 0 Å². The van der Waals surface area contributed by atoms with Crippen LogP contribution in [0.1, 0.15) is 47.0 Å². The molecule has 0 saturated carbocycles. The van der Waals surface area contributed by atoms with Crippen molar-refractivity contribution in [2.45, 2.75) is 52.6 Å². The van der Waals surface area contributed by atoms with Crippen LogP contribution in [0.5, 0.6) is 0 Å². The zero-order valence-corrected chi connectivity index (χ0v) is 14.4. The number of guanidine groups is 1. The Kier molecular flexibility index (Phi) is 8.69. The van der Waals surface area contributed by atoms with Crippen molar-refractivity contribution >= 4 is 5.96 Å². The Balaban J connectivity index is 2.31. The van der Waals surface area contributed by atoms with E-state index in [-0.39, 0.29) is 5.60 Å². The van der Waals surface area contributed by atoms with Crippen molar-refractivity contribution in [2.75, 3.05) is 45.9 Å². The molecular formula is C16H34N4O. The zero-order chi connectivity index (χ0) is 15.6. The lowest BCUT2D eigenvalue weighted by Gasteiger charge is -2.22. The summed E-state index contributed by atoms with van der Waals surface area (Å²) >= 11 is 0. The van der Waals surface area contributed by atoms with Gasteiger partial charge in [0.25, 0.3) is 0 Å². The number of aliphatic imine (C=N–C) groups is 1. The highest BCUT2D eigenvalue weighted by atomic mass is 16.5. The van der Waals surface area contributed by atoms with Gasteiger partial charge in [-0.1, -0.05) is 13.8 Å². The van der Waals surface area contributed by atoms with Crippen LogP contribution in [0.25, 0.3) is 0 Å². The van der Waals surface area contributed by atoms with Crippen LogP contribution in [0.2, 0.25) is 0 Å². The van der Waals surface area contributed by atoms with Gasteiger partial charge >= 0.3 is 0 Å². The van der Waals surface area contributed by atoms with Gasteiger partial charge in [-0.15, -0.1) is 0 Å². The molecule has 1 rings (SSSR count). The Morgan fingerprint density at radius 2 is 2.00 bits per heavy atom. The fourth-order valence-corrected chi connectivity index (χ4v) is 2.60. The standard InChI is InChI=1S/C16H34N4O/c1-5-17-15(18-11-9-12-20(6-2)7-3)19-14-16(4)10-8-13-21-16/h5-14H2,1-4H3,(H2,17,18,19). The first-order valence-corrected chi connectivity index (χ1v) is 8.52. The first-order valence-electron chi connectivity index (χ1n) is 8.52. The van der Waals surface area contributed by atoms with Crippen molar-refractivity contribution in [3.63, 3.8) is 0 Å². The topological polar surface area (TPSA) is 48.9 Å². The molecule has 1 unspecified atom stereocenters. The van der Waals surface area contributed by atoms with Crippen LogP contribution >= 0.6 is 0 Å². The van der Waals surface area contributed by atoms with Gasteiger partial charge in [0, 0.05) is 19.7 Å². The Bertz CT molecular complexity index is 297. The van der Waals surface area contributed by atoms with Crippen molar-refractivity contribution in [1.82, 2.24) is 15.5 Å². The average Bonchev–Trinajstić information content (AvgIpc) is 2.92. The van der Waals surface area contributed by atoms with Crippen LogP contribution in [0.15, 0.2) is 4.99 Å². The van der Waals surface area contributed by atoms with Gasteiger partial charge in [0.05, 0.1) is 12.1 Å². The molecule has 0 bridgehead atoms. The summed E-state index contributed by atoms with van der Waals surface area (Å²) in [5.41, 5.74) is -0.0659. The number of hydrogen-bond acceptors (Lipinski definition) is 3. The van der Waals surface area contributed by atoms with Crippen molar-refractivity contribution in [1.29, 1.82) is 0 Å². The minimum absolute atomic E-state index is 0.0659. The lowest BCUT2D eigenvalue weighted by atomic mass is 10.0. The molecule has 0 spiro atoms. The molecule has 5 heteroatoms. The van der Waals surface area contributed by atoms with Crippen molar-refractivity contribution in [2.24, 2.45) is 4.99 Å². The number of nitrogens with zero attached hydrogens (tertiary/aromatic N) is 2. The molecule has 0 aromatic rings. The minimum Gasteiger partial charge on any atom is -0.373 e. The fraction of sp³-hybridized carbons (Fsp3) is 0.938. The Morgan fingerprint density at radius 3 is 2.57 bits per heavy atom. The van der Waals surface area contributed by atoms with Crippen LogP contribution in [0.4, 0.5) is 0 Å². The Labute approximate surface area is 130 Å². The summed E-state index contributed by atoms with van der Waals surface area (Å²) in [6, 6.07) is 0. The van der Waals surface area contributed by atoms with E-state index in [9.17, 15) is 0 Å². The SMILES string of the molecule is CCNC(=NCC1(C)CCCO1)NCCCN(CC)CC. The molecule has 0 aromatic heterocycles. The summed E-state index contributed by atoms with van der Waals surface area (Å²) in [6.07, 6.45) is 3.40. The van der Waals surface area contributed by atoms with E-state index in [1.807, 2.05) is 0 Å². The highest BCUT2D eigenvalue weighted by Crippen LogP contribution is 2.24. The second kappa shape index (κ2) is 10.0. The minimum atomic E-state index is -0.0659. The van der Waals surface area contributed by atoms with Crippen molar-refractivity contribution in [3.05, 3.63) is 0 Å². The molecule has 0 radical (unpaired) electrons. The largest absolute Gasteiger partial charge is 0.373 e. The van der Waals surface area contributed by atoms with E-state index in [0.29, 0.717) is 0 Å². The molecule has 2 N–H and O–H groups in total. The molecule has 0 amide bonds. The molecule has 21 heavy (non-hydrogen) atoms. The molecule has 5 nitrogen and oxygen atoms in total. The Hall–Kier alpha value is -0.810. The second-order valence-corrected chi connectivity index (χ2v) is 5.90. The van der Waals surface area contributed by atoms with Crippen LogP contribution in [-0.4, -0.2) is 62.3 Å². The predicted octanol–water partition coefficient (Wildman–Crippen LogP) is 1.84. The van der Waals surface area contributed by atoms with Gasteiger partial charge in [-0.2, -0.15) is 0 Å². The molecule has 1 aliphatic rings. The maximum Gasteiger partial charge on any atom is 0.191 e. The molecule has 1 fully saturated rings. The van der Waals surface area contributed by atoms with Crippen molar-refractivity contribution in [3.8, 4) is 0 Å². The summed E-state index contributed by atoms with van der Waals surface area (Å²) in [5.74, 6) is 0.911. The Morgan fingerprint density at radius 1 is 1.24 bits per heavy atom. The third kappa shape index (κ3) is 7.14. The molecule has 0 aliphatic carbocycles. The maximum atomic E-state index is 5.79. The van der Waals surface area contributed by atoms with E-state index < -0.39 is 0 Å². The third-order valence-corrected chi connectivity index (χ3v) is 4.05. The number of nitrogens with one attached hydrogen (secondary N) is 2. The average molecular weight is 298 g/mol. The lowest BCUT2D eigenvalue weighted by molar-refractivity contribution is 0.0283. The lowest BCUT2D eigenvalue weighted by Crippen LogP contribution is -2.40. The van der Waals surface area contributed by atoms with E-state index in [2.05, 4.69) is 48.2 Å². The van der Waals surface area contributed by atoms with Crippen LogP contribution < -0.4 is 10.6 Å². The van der Waals surface area contributed by atoms with Gasteiger partial charge in [-0.3, -0.25) is 4.99 Å². The second-order valence-electron chi connectivity index (χ2n) is 5.90. The van der Waals surface area contributed by atoms with E-state index in [4.69, 9.17) is 4.74 Å². The molecule has 1 atom stereocenters. The third-order valence-electron chi connectivity index (χ3n) is 4.05. The highest BCUT2D eigenvalue weighted by molar-refractivity contribution is 5.79.